The summed E-state index contributed by atoms with van der Waals surface area (Å²) < 4.78 is 23.2. The van der Waals surface area contributed by atoms with Gasteiger partial charge in [0.2, 0.25) is 5.91 Å². The Morgan fingerprint density at radius 3 is 2.42 bits per heavy atom. The predicted molar refractivity (Wildman–Crippen MR) is 77.7 cm³/mol. The topological polar surface area (TPSA) is 89.3 Å². The molecule has 0 heterocycles. The van der Waals surface area contributed by atoms with Crippen LogP contribution in [0.25, 0.3) is 0 Å². The molecule has 0 atom stereocenters. The lowest BCUT2D eigenvalue weighted by atomic mass is 10.3. The summed E-state index contributed by atoms with van der Waals surface area (Å²) in [6.45, 7) is 1.93. The molecule has 1 aromatic rings. The van der Waals surface area contributed by atoms with Gasteiger partial charge in [-0.05, 0) is 30.7 Å². The molecular weight excluding hydrogens is 264 g/mol. The zero-order valence-corrected chi connectivity index (χ0v) is 11.9. The number of unbranched alkanes of at least 4 members (excludes halogenated alkanes) is 1. The summed E-state index contributed by atoms with van der Waals surface area (Å²) in [5.74, 6) is -0.253. The van der Waals surface area contributed by atoms with Crippen molar-refractivity contribution < 1.29 is 13.2 Å². The molecule has 0 aliphatic heterocycles. The number of carbonyl (C=O) groups excluding carboxylic acids is 1. The number of benzene rings is 1. The Morgan fingerprint density at radius 1 is 1.21 bits per heavy atom. The number of sulfone groups is 1. The third-order valence-electron chi connectivity index (χ3n) is 2.64. The summed E-state index contributed by atoms with van der Waals surface area (Å²) in [6.07, 6.45) is 1.45. The van der Waals surface area contributed by atoms with Crippen LogP contribution in [-0.4, -0.2) is 25.8 Å². The van der Waals surface area contributed by atoms with Crippen LogP contribution in [0.3, 0.4) is 0 Å². The van der Waals surface area contributed by atoms with Crippen molar-refractivity contribution in [1.29, 1.82) is 0 Å². The van der Waals surface area contributed by atoms with Crippen LogP contribution in [0.15, 0.2) is 24.3 Å². The summed E-state index contributed by atoms with van der Waals surface area (Å²) in [5, 5.41) is 2.64. The van der Waals surface area contributed by atoms with Crippen LogP contribution < -0.4 is 11.1 Å². The molecular formula is C13H20N2O3S. The van der Waals surface area contributed by atoms with Gasteiger partial charge in [0.1, 0.15) is 0 Å². The Hall–Kier alpha value is -1.56. The maximum Gasteiger partial charge on any atom is 0.225 e. The second-order valence-corrected chi connectivity index (χ2v) is 6.73. The molecule has 0 saturated carbocycles. The highest BCUT2D eigenvalue weighted by Gasteiger charge is 2.13. The molecule has 1 aromatic carbocycles. The standard InChI is InChI=1S/C13H20N2O3S/c1-2-3-9-19(17,18)10-8-13(16)15-12-6-4-11(14)5-7-12/h4-7H,2-3,8-10,14H2,1H3,(H,15,16). The number of nitrogen functional groups attached to an aromatic ring is 1. The molecule has 3 N–H and O–H groups in total. The van der Waals surface area contributed by atoms with E-state index in [1.807, 2.05) is 6.92 Å². The highest BCUT2D eigenvalue weighted by atomic mass is 32.2. The summed E-state index contributed by atoms with van der Waals surface area (Å²) >= 11 is 0. The molecule has 0 aliphatic carbocycles. The Bertz CT molecular complexity index is 509. The van der Waals surface area contributed by atoms with Gasteiger partial charge in [-0.1, -0.05) is 13.3 Å². The van der Waals surface area contributed by atoms with E-state index in [9.17, 15) is 13.2 Å². The van der Waals surface area contributed by atoms with Gasteiger partial charge in [-0.15, -0.1) is 0 Å². The first-order valence-corrected chi connectivity index (χ1v) is 8.11. The largest absolute Gasteiger partial charge is 0.399 e. The average molecular weight is 284 g/mol. The number of nitrogens with two attached hydrogens (primary N) is 1. The van der Waals surface area contributed by atoms with Crippen LogP contribution in [0, 0.1) is 0 Å². The molecule has 6 heteroatoms. The Morgan fingerprint density at radius 2 is 1.84 bits per heavy atom. The van der Waals surface area contributed by atoms with E-state index in [-0.39, 0.29) is 23.8 Å². The Labute approximate surface area is 114 Å². The van der Waals surface area contributed by atoms with Crippen molar-refractivity contribution in [3.8, 4) is 0 Å². The van der Waals surface area contributed by atoms with Gasteiger partial charge in [0.25, 0.3) is 0 Å². The van der Waals surface area contributed by atoms with Gasteiger partial charge in [-0.2, -0.15) is 0 Å². The van der Waals surface area contributed by atoms with Gasteiger partial charge in [0.15, 0.2) is 9.84 Å². The molecule has 0 fully saturated rings. The van der Waals surface area contributed by atoms with Crippen molar-refractivity contribution in [1.82, 2.24) is 0 Å². The smallest absolute Gasteiger partial charge is 0.225 e. The van der Waals surface area contributed by atoms with Crippen molar-refractivity contribution >= 4 is 27.1 Å². The highest BCUT2D eigenvalue weighted by molar-refractivity contribution is 7.91. The molecule has 0 aliphatic rings. The van der Waals surface area contributed by atoms with Gasteiger partial charge in [-0.3, -0.25) is 4.79 Å². The first kappa shape index (κ1) is 15.5. The van der Waals surface area contributed by atoms with E-state index in [4.69, 9.17) is 5.73 Å². The zero-order valence-electron chi connectivity index (χ0n) is 11.1. The van der Waals surface area contributed by atoms with Crippen molar-refractivity contribution in [2.45, 2.75) is 26.2 Å². The third kappa shape index (κ3) is 6.24. The van der Waals surface area contributed by atoms with Gasteiger partial charge < -0.3 is 11.1 Å². The van der Waals surface area contributed by atoms with E-state index in [0.717, 1.165) is 6.42 Å². The predicted octanol–water partition coefficient (Wildman–Crippen LogP) is 1.81. The van der Waals surface area contributed by atoms with Crippen LogP contribution in [0.2, 0.25) is 0 Å². The van der Waals surface area contributed by atoms with E-state index >= 15 is 0 Å². The molecule has 106 valence electrons. The first-order chi connectivity index (χ1) is 8.93. The molecule has 1 amide bonds. The number of hydrogen-bond donors (Lipinski definition) is 2. The van der Waals surface area contributed by atoms with Gasteiger partial charge in [0, 0.05) is 17.8 Å². The van der Waals surface area contributed by atoms with Crippen molar-refractivity contribution in [2.75, 3.05) is 22.6 Å². The maximum absolute atomic E-state index is 11.6. The molecule has 5 nitrogen and oxygen atoms in total. The van der Waals surface area contributed by atoms with E-state index in [1.54, 1.807) is 24.3 Å². The molecule has 0 radical (unpaired) electrons. The molecule has 1 rings (SSSR count). The van der Waals surface area contributed by atoms with Gasteiger partial charge >= 0.3 is 0 Å². The molecule has 0 unspecified atom stereocenters. The first-order valence-electron chi connectivity index (χ1n) is 6.29. The van der Waals surface area contributed by atoms with E-state index in [0.29, 0.717) is 17.8 Å². The van der Waals surface area contributed by atoms with Crippen LogP contribution >= 0.6 is 0 Å². The molecule has 0 bridgehead atoms. The van der Waals surface area contributed by atoms with Crippen LogP contribution in [0.4, 0.5) is 11.4 Å². The summed E-state index contributed by atoms with van der Waals surface area (Å²) in [4.78, 5) is 11.6. The van der Waals surface area contributed by atoms with Crippen molar-refractivity contribution in [3.63, 3.8) is 0 Å². The van der Waals surface area contributed by atoms with E-state index in [1.165, 1.54) is 0 Å². The molecule has 0 spiro atoms. The number of amides is 1. The maximum atomic E-state index is 11.6. The summed E-state index contributed by atoms with van der Waals surface area (Å²) in [6, 6.07) is 6.71. The van der Waals surface area contributed by atoms with Crippen LogP contribution in [0.1, 0.15) is 26.2 Å². The highest BCUT2D eigenvalue weighted by Crippen LogP contribution is 2.11. The monoisotopic (exact) mass is 284 g/mol. The summed E-state index contributed by atoms with van der Waals surface area (Å²) in [7, 11) is -3.12. The fourth-order valence-electron chi connectivity index (χ4n) is 1.50. The molecule has 0 aromatic heterocycles. The minimum Gasteiger partial charge on any atom is -0.399 e. The quantitative estimate of drug-likeness (QED) is 0.747. The fourth-order valence-corrected chi connectivity index (χ4v) is 2.93. The van der Waals surface area contributed by atoms with Crippen molar-refractivity contribution in [2.24, 2.45) is 0 Å². The Balaban J connectivity index is 2.41. The number of rotatable bonds is 7. The van der Waals surface area contributed by atoms with E-state index < -0.39 is 9.84 Å². The minimum absolute atomic E-state index is 0.0174. The Kier molecular flexibility index (Phi) is 5.82. The second-order valence-electron chi connectivity index (χ2n) is 4.43. The lowest BCUT2D eigenvalue weighted by Crippen LogP contribution is -2.19. The minimum atomic E-state index is -3.12. The zero-order chi connectivity index (χ0) is 14.3. The lowest BCUT2D eigenvalue weighted by Gasteiger charge is -2.06. The van der Waals surface area contributed by atoms with Crippen LogP contribution in [-0.2, 0) is 14.6 Å². The van der Waals surface area contributed by atoms with Gasteiger partial charge in [-0.25, -0.2) is 8.42 Å². The van der Waals surface area contributed by atoms with E-state index in [2.05, 4.69) is 5.32 Å². The molecule has 19 heavy (non-hydrogen) atoms. The number of hydrogen-bond acceptors (Lipinski definition) is 4. The fraction of sp³-hybridized carbons (Fsp3) is 0.462. The normalized spacial score (nSPS) is 11.2. The van der Waals surface area contributed by atoms with Crippen LogP contribution in [0.5, 0.6) is 0 Å². The number of nitrogens with one attached hydrogen (secondary N) is 1. The van der Waals surface area contributed by atoms with Gasteiger partial charge in [0.05, 0.1) is 11.5 Å². The summed E-state index contributed by atoms with van der Waals surface area (Å²) in [5.41, 5.74) is 6.75. The number of carbonyl (C=O) groups is 1. The number of anilines is 2. The molecule has 0 saturated heterocycles. The SMILES string of the molecule is CCCCS(=O)(=O)CCC(=O)Nc1ccc(N)cc1. The van der Waals surface area contributed by atoms with Crippen molar-refractivity contribution in [3.05, 3.63) is 24.3 Å². The second kappa shape index (κ2) is 7.13. The average Bonchev–Trinajstić information content (AvgIpc) is 2.37. The lowest BCUT2D eigenvalue weighted by molar-refractivity contribution is -0.115. The third-order valence-corrected chi connectivity index (χ3v) is 4.38.